The lowest BCUT2D eigenvalue weighted by molar-refractivity contribution is -0.135. The second kappa shape index (κ2) is 4.45. The summed E-state index contributed by atoms with van der Waals surface area (Å²) in [4.78, 5) is 22.5. The van der Waals surface area contributed by atoms with Crippen LogP contribution in [0, 0.1) is 0 Å². The van der Waals surface area contributed by atoms with E-state index in [2.05, 4.69) is 0 Å². The second-order valence-electron chi connectivity index (χ2n) is 3.10. The fourth-order valence-electron chi connectivity index (χ4n) is 1.15. The molecule has 0 saturated heterocycles. The predicted molar refractivity (Wildman–Crippen MR) is 54.3 cm³/mol. The van der Waals surface area contributed by atoms with E-state index in [1.165, 1.54) is 17.0 Å². The summed E-state index contributed by atoms with van der Waals surface area (Å²) in [6.07, 6.45) is 0. The quantitative estimate of drug-likeness (QED) is 0.770. The third-order valence-electron chi connectivity index (χ3n) is 1.93. The normalized spacial score (nSPS) is 9.67. The van der Waals surface area contributed by atoms with Crippen molar-refractivity contribution in [2.24, 2.45) is 0 Å². The summed E-state index contributed by atoms with van der Waals surface area (Å²) in [7, 11) is 1.63. The Morgan fingerprint density at radius 1 is 1.20 bits per heavy atom. The van der Waals surface area contributed by atoms with Crippen LogP contribution >= 0.6 is 0 Å². The van der Waals surface area contributed by atoms with Gasteiger partial charge < -0.3 is 15.1 Å². The summed E-state index contributed by atoms with van der Waals surface area (Å²) >= 11 is 0. The zero-order chi connectivity index (χ0) is 11.4. The molecule has 0 saturated carbocycles. The van der Waals surface area contributed by atoms with Gasteiger partial charge in [-0.1, -0.05) is 0 Å². The third-order valence-corrected chi connectivity index (χ3v) is 1.93. The molecular formula is C10H11NO4. The van der Waals surface area contributed by atoms with Crippen LogP contribution in [0.4, 0.5) is 5.69 Å². The van der Waals surface area contributed by atoms with E-state index >= 15 is 0 Å². The van der Waals surface area contributed by atoms with Gasteiger partial charge in [-0.25, -0.2) is 4.79 Å². The summed E-state index contributed by atoms with van der Waals surface area (Å²) < 4.78 is 0. The number of aliphatic carboxylic acids is 1. The van der Waals surface area contributed by atoms with Crippen LogP contribution in [0.15, 0.2) is 24.3 Å². The average molecular weight is 209 g/mol. The number of aromatic carboxylic acids is 1. The van der Waals surface area contributed by atoms with Crippen molar-refractivity contribution in [3.05, 3.63) is 29.8 Å². The standard InChI is InChI=1S/C10H11NO4/c1-11(6-9(12)13)8-4-2-7(3-5-8)10(14)15/h2-5H,6H2,1H3,(H,12,13)(H,14,15). The number of likely N-dealkylation sites (N-methyl/N-ethyl adjacent to an activating group) is 1. The van der Waals surface area contributed by atoms with Crippen LogP contribution in [0.5, 0.6) is 0 Å². The molecule has 5 heteroatoms. The minimum atomic E-state index is -0.998. The number of carboxylic acids is 2. The Hall–Kier alpha value is -2.04. The van der Waals surface area contributed by atoms with Crippen LogP contribution in [0.2, 0.25) is 0 Å². The number of hydrogen-bond acceptors (Lipinski definition) is 3. The summed E-state index contributed by atoms with van der Waals surface area (Å²) in [5, 5.41) is 17.2. The summed E-state index contributed by atoms with van der Waals surface area (Å²) in [6.45, 7) is -0.119. The third kappa shape index (κ3) is 2.98. The van der Waals surface area contributed by atoms with Crippen molar-refractivity contribution in [3.8, 4) is 0 Å². The predicted octanol–water partition coefficient (Wildman–Crippen LogP) is 0.906. The average Bonchev–Trinajstić information content (AvgIpc) is 2.17. The van der Waals surface area contributed by atoms with Gasteiger partial charge in [-0.2, -0.15) is 0 Å². The number of rotatable bonds is 4. The minimum Gasteiger partial charge on any atom is -0.480 e. The van der Waals surface area contributed by atoms with Crippen molar-refractivity contribution >= 4 is 17.6 Å². The van der Waals surface area contributed by atoms with E-state index in [1.807, 2.05) is 0 Å². The van der Waals surface area contributed by atoms with Gasteiger partial charge in [0.2, 0.25) is 0 Å². The van der Waals surface area contributed by atoms with Gasteiger partial charge in [0, 0.05) is 12.7 Å². The van der Waals surface area contributed by atoms with E-state index < -0.39 is 11.9 Å². The first-order valence-electron chi connectivity index (χ1n) is 4.27. The summed E-state index contributed by atoms with van der Waals surface area (Å²) in [5.74, 6) is -1.93. The maximum absolute atomic E-state index is 10.6. The molecule has 2 N–H and O–H groups in total. The zero-order valence-corrected chi connectivity index (χ0v) is 8.17. The molecule has 0 aliphatic rings. The first-order valence-corrected chi connectivity index (χ1v) is 4.27. The molecule has 0 radical (unpaired) electrons. The van der Waals surface area contributed by atoms with Gasteiger partial charge >= 0.3 is 11.9 Å². The van der Waals surface area contributed by atoms with E-state index in [0.29, 0.717) is 5.69 Å². The number of anilines is 1. The molecule has 0 bridgehead atoms. The molecule has 0 aromatic heterocycles. The molecule has 1 aromatic carbocycles. The molecule has 0 heterocycles. The van der Waals surface area contributed by atoms with Crippen molar-refractivity contribution in [3.63, 3.8) is 0 Å². The highest BCUT2D eigenvalue weighted by molar-refractivity contribution is 5.88. The fourth-order valence-corrected chi connectivity index (χ4v) is 1.15. The Morgan fingerprint density at radius 2 is 1.73 bits per heavy atom. The second-order valence-corrected chi connectivity index (χ2v) is 3.10. The Labute approximate surface area is 86.6 Å². The van der Waals surface area contributed by atoms with Crippen LogP contribution in [-0.2, 0) is 4.79 Å². The zero-order valence-electron chi connectivity index (χ0n) is 8.17. The number of benzene rings is 1. The highest BCUT2D eigenvalue weighted by Crippen LogP contribution is 2.13. The SMILES string of the molecule is CN(CC(=O)O)c1ccc(C(=O)O)cc1. The van der Waals surface area contributed by atoms with Crippen molar-refractivity contribution in [1.29, 1.82) is 0 Å². The first-order chi connectivity index (χ1) is 7.00. The maximum atomic E-state index is 10.6. The fraction of sp³-hybridized carbons (Fsp3) is 0.200. The maximum Gasteiger partial charge on any atom is 0.335 e. The van der Waals surface area contributed by atoms with Gasteiger partial charge in [-0.3, -0.25) is 4.79 Å². The molecule has 0 fully saturated rings. The first kappa shape index (κ1) is 11.0. The highest BCUT2D eigenvalue weighted by atomic mass is 16.4. The molecule has 0 aliphatic heterocycles. The molecule has 15 heavy (non-hydrogen) atoms. The Morgan fingerprint density at radius 3 is 2.13 bits per heavy atom. The van der Waals surface area contributed by atoms with Gasteiger partial charge in [-0.05, 0) is 24.3 Å². The van der Waals surface area contributed by atoms with Crippen molar-refractivity contribution < 1.29 is 19.8 Å². The molecule has 0 atom stereocenters. The molecule has 0 spiro atoms. The Balaban J connectivity index is 2.79. The molecule has 1 rings (SSSR count). The van der Waals surface area contributed by atoms with Crippen LogP contribution < -0.4 is 4.90 Å². The summed E-state index contributed by atoms with van der Waals surface area (Å²) in [6, 6.07) is 6.03. The summed E-state index contributed by atoms with van der Waals surface area (Å²) in [5.41, 5.74) is 0.852. The van der Waals surface area contributed by atoms with E-state index in [9.17, 15) is 9.59 Å². The number of carbonyl (C=O) groups is 2. The molecule has 1 aromatic rings. The molecule has 80 valence electrons. The Kier molecular flexibility index (Phi) is 3.28. The van der Waals surface area contributed by atoms with Crippen LogP contribution in [-0.4, -0.2) is 35.7 Å². The van der Waals surface area contributed by atoms with Gasteiger partial charge in [0.1, 0.15) is 6.54 Å². The van der Waals surface area contributed by atoms with Gasteiger partial charge in [0.05, 0.1) is 5.56 Å². The van der Waals surface area contributed by atoms with E-state index in [0.717, 1.165) is 0 Å². The van der Waals surface area contributed by atoms with E-state index in [4.69, 9.17) is 10.2 Å². The lowest BCUT2D eigenvalue weighted by Gasteiger charge is -2.16. The minimum absolute atomic E-state index is 0.119. The van der Waals surface area contributed by atoms with Crippen LogP contribution in [0.25, 0.3) is 0 Å². The van der Waals surface area contributed by atoms with Crippen molar-refractivity contribution in [1.82, 2.24) is 0 Å². The van der Waals surface area contributed by atoms with Crippen molar-refractivity contribution in [2.75, 3.05) is 18.5 Å². The topological polar surface area (TPSA) is 77.8 Å². The smallest absolute Gasteiger partial charge is 0.335 e. The molecular weight excluding hydrogens is 198 g/mol. The van der Waals surface area contributed by atoms with Crippen molar-refractivity contribution in [2.45, 2.75) is 0 Å². The number of carboxylic acid groups (broad SMARTS) is 2. The van der Waals surface area contributed by atoms with Gasteiger partial charge in [0.15, 0.2) is 0 Å². The van der Waals surface area contributed by atoms with Gasteiger partial charge in [0.25, 0.3) is 0 Å². The van der Waals surface area contributed by atoms with Crippen LogP contribution in [0.1, 0.15) is 10.4 Å². The van der Waals surface area contributed by atoms with Gasteiger partial charge in [-0.15, -0.1) is 0 Å². The lowest BCUT2D eigenvalue weighted by Crippen LogP contribution is -2.24. The Bertz CT molecular complexity index is 372. The van der Waals surface area contributed by atoms with E-state index in [-0.39, 0.29) is 12.1 Å². The highest BCUT2D eigenvalue weighted by Gasteiger charge is 2.07. The monoisotopic (exact) mass is 209 g/mol. The molecule has 0 aliphatic carbocycles. The van der Waals surface area contributed by atoms with E-state index in [1.54, 1.807) is 19.2 Å². The molecule has 0 unspecified atom stereocenters. The van der Waals surface area contributed by atoms with Crippen LogP contribution in [0.3, 0.4) is 0 Å². The molecule has 5 nitrogen and oxygen atoms in total. The number of nitrogens with zero attached hydrogens (tertiary/aromatic N) is 1. The molecule has 0 amide bonds. The number of hydrogen-bond donors (Lipinski definition) is 2. The largest absolute Gasteiger partial charge is 0.480 e. The lowest BCUT2D eigenvalue weighted by atomic mass is 10.2.